The number of methoxy groups -OCH3 is 1. The zero-order chi connectivity index (χ0) is 23.3. The van der Waals surface area contributed by atoms with E-state index in [4.69, 9.17) is 4.74 Å². The monoisotopic (exact) mass is 465 g/mol. The molecule has 33 heavy (non-hydrogen) atoms. The van der Waals surface area contributed by atoms with Gasteiger partial charge in [-0.05, 0) is 48.0 Å². The Hall–Kier alpha value is -3.36. The Morgan fingerprint density at radius 3 is 2.27 bits per heavy atom. The Kier molecular flexibility index (Phi) is 6.96. The summed E-state index contributed by atoms with van der Waals surface area (Å²) in [5.74, 6) is 0.421. The summed E-state index contributed by atoms with van der Waals surface area (Å²) in [5.41, 5.74) is 2.32. The highest BCUT2D eigenvalue weighted by molar-refractivity contribution is 7.89. The summed E-state index contributed by atoms with van der Waals surface area (Å²) in [6.07, 6.45) is 0. The molecular formula is C25H27N3O4S. The van der Waals surface area contributed by atoms with Gasteiger partial charge in [0.25, 0.3) is 5.91 Å². The summed E-state index contributed by atoms with van der Waals surface area (Å²) in [6.45, 7) is 2.36. The maximum atomic E-state index is 13.2. The maximum absolute atomic E-state index is 13.2. The zero-order valence-corrected chi connectivity index (χ0v) is 19.3. The molecule has 7 nitrogen and oxygen atoms in total. The van der Waals surface area contributed by atoms with Crippen molar-refractivity contribution in [3.05, 3.63) is 90.0 Å². The van der Waals surface area contributed by atoms with Crippen molar-refractivity contribution in [2.45, 2.75) is 11.4 Å². The van der Waals surface area contributed by atoms with Crippen LogP contribution in [0.25, 0.3) is 0 Å². The number of nitrogens with zero attached hydrogens (tertiary/aromatic N) is 2. The van der Waals surface area contributed by atoms with Crippen LogP contribution >= 0.6 is 0 Å². The smallest absolute Gasteiger partial charge is 0.251 e. The topological polar surface area (TPSA) is 78.9 Å². The van der Waals surface area contributed by atoms with Crippen molar-refractivity contribution in [3.63, 3.8) is 0 Å². The van der Waals surface area contributed by atoms with E-state index >= 15 is 0 Å². The van der Waals surface area contributed by atoms with E-state index in [1.165, 1.54) is 10.4 Å². The molecule has 0 atom stereocenters. The SMILES string of the molecule is COc1ccc(CNC(=O)c2cccc(S(=O)(=O)N3CCN(c4ccccc4)CC3)c2)cc1. The minimum absolute atomic E-state index is 0.132. The number of hydrogen-bond donors (Lipinski definition) is 1. The first-order chi connectivity index (χ1) is 16.0. The van der Waals surface area contributed by atoms with Gasteiger partial charge in [0.1, 0.15) is 5.75 Å². The van der Waals surface area contributed by atoms with Crippen LogP contribution < -0.4 is 15.0 Å². The molecule has 0 radical (unpaired) electrons. The molecule has 1 amide bonds. The second-order valence-corrected chi connectivity index (χ2v) is 9.72. The number of rotatable bonds is 7. The highest BCUT2D eigenvalue weighted by Gasteiger charge is 2.29. The lowest BCUT2D eigenvalue weighted by Gasteiger charge is -2.35. The number of ether oxygens (including phenoxy) is 1. The first-order valence-corrected chi connectivity index (χ1v) is 12.2. The third-order valence-corrected chi connectivity index (χ3v) is 7.60. The highest BCUT2D eigenvalue weighted by Crippen LogP contribution is 2.22. The summed E-state index contributed by atoms with van der Waals surface area (Å²) in [6, 6.07) is 23.6. The summed E-state index contributed by atoms with van der Waals surface area (Å²) < 4.78 is 33.0. The molecule has 1 N–H and O–H groups in total. The van der Waals surface area contributed by atoms with E-state index in [1.807, 2.05) is 54.6 Å². The van der Waals surface area contributed by atoms with Crippen LogP contribution in [0.2, 0.25) is 0 Å². The summed E-state index contributed by atoms with van der Waals surface area (Å²) in [7, 11) is -2.09. The Morgan fingerprint density at radius 1 is 0.909 bits per heavy atom. The molecule has 0 saturated carbocycles. The fourth-order valence-electron chi connectivity index (χ4n) is 3.80. The van der Waals surface area contributed by atoms with Crippen molar-refractivity contribution < 1.29 is 17.9 Å². The third kappa shape index (κ3) is 5.35. The van der Waals surface area contributed by atoms with Crippen molar-refractivity contribution in [1.29, 1.82) is 0 Å². The fourth-order valence-corrected chi connectivity index (χ4v) is 5.27. The van der Waals surface area contributed by atoms with Crippen LogP contribution in [-0.2, 0) is 16.6 Å². The Bertz CT molecular complexity index is 1190. The van der Waals surface area contributed by atoms with Gasteiger partial charge >= 0.3 is 0 Å². The van der Waals surface area contributed by atoms with E-state index in [-0.39, 0.29) is 10.8 Å². The molecule has 3 aromatic carbocycles. The third-order valence-electron chi connectivity index (χ3n) is 5.71. The molecule has 1 aliphatic heterocycles. The number of sulfonamides is 1. The second-order valence-electron chi connectivity index (χ2n) is 7.79. The van der Waals surface area contributed by atoms with Gasteiger partial charge in [-0.1, -0.05) is 36.4 Å². The van der Waals surface area contributed by atoms with E-state index in [2.05, 4.69) is 10.2 Å². The van der Waals surface area contributed by atoms with Crippen molar-refractivity contribution in [2.24, 2.45) is 0 Å². The van der Waals surface area contributed by atoms with Crippen LogP contribution in [0.1, 0.15) is 15.9 Å². The largest absolute Gasteiger partial charge is 0.497 e. The normalized spacial score (nSPS) is 14.6. The van der Waals surface area contributed by atoms with Crippen molar-refractivity contribution in [3.8, 4) is 5.75 Å². The van der Waals surface area contributed by atoms with Gasteiger partial charge in [0, 0.05) is 44.0 Å². The predicted octanol–water partition coefficient (Wildman–Crippen LogP) is 3.14. The molecular weight excluding hydrogens is 438 g/mol. The minimum atomic E-state index is -3.69. The number of nitrogens with one attached hydrogen (secondary N) is 1. The van der Waals surface area contributed by atoms with Crippen molar-refractivity contribution in [2.75, 3.05) is 38.2 Å². The Labute approximate surface area is 194 Å². The first kappa shape index (κ1) is 22.8. The molecule has 0 aromatic heterocycles. The standard InChI is InChI=1S/C25H27N3O4S/c1-32-23-12-10-20(11-13-23)19-26-25(29)21-6-5-9-24(18-21)33(30,31)28-16-14-27(15-17-28)22-7-3-2-4-8-22/h2-13,18H,14-17,19H2,1H3,(H,26,29). The van der Waals surface area contributed by atoms with Gasteiger partial charge in [0.15, 0.2) is 0 Å². The molecule has 1 saturated heterocycles. The van der Waals surface area contributed by atoms with Crippen molar-refractivity contribution >= 4 is 21.6 Å². The van der Waals surface area contributed by atoms with Gasteiger partial charge in [-0.2, -0.15) is 4.31 Å². The van der Waals surface area contributed by atoms with Crippen LogP contribution in [0.4, 0.5) is 5.69 Å². The van der Waals surface area contributed by atoms with E-state index in [1.54, 1.807) is 25.3 Å². The maximum Gasteiger partial charge on any atom is 0.251 e. The number of anilines is 1. The van der Waals surface area contributed by atoms with Crippen LogP contribution in [0.15, 0.2) is 83.8 Å². The predicted molar refractivity (Wildman–Crippen MR) is 128 cm³/mol. The van der Waals surface area contributed by atoms with Crippen LogP contribution in [0, 0.1) is 0 Å². The lowest BCUT2D eigenvalue weighted by Crippen LogP contribution is -2.48. The number of amides is 1. The average Bonchev–Trinajstić information content (AvgIpc) is 2.88. The molecule has 172 valence electrons. The van der Waals surface area contributed by atoms with Crippen LogP contribution in [-0.4, -0.2) is 51.9 Å². The highest BCUT2D eigenvalue weighted by atomic mass is 32.2. The summed E-state index contributed by atoms with van der Waals surface area (Å²) >= 11 is 0. The number of carbonyl (C=O) groups excluding carboxylic acids is 1. The first-order valence-electron chi connectivity index (χ1n) is 10.8. The molecule has 0 spiro atoms. The van der Waals surface area contributed by atoms with Gasteiger partial charge in [0.2, 0.25) is 10.0 Å². The molecule has 1 aliphatic rings. The van der Waals surface area contributed by atoms with Crippen LogP contribution in [0.5, 0.6) is 5.75 Å². The molecule has 1 heterocycles. The lowest BCUT2D eigenvalue weighted by atomic mass is 10.2. The number of piperazine rings is 1. The minimum Gasteiger partial charge on any atom is -0.497 e. The number of benzene rings is 3. The van der Waals surface area contributed by atoms with Gasteiger partial charge in [-0.3, -0.25) is 4.79 Å². The molecule has 4 rings (SSSR count). The summed E-state index contributed by atoms with van der Waals surface area (Å²) in [4.78, 5) is 15.0. The van der Waals surface area contributed by atoms with E-state index < -0.39 is 10.0 Å². The molecule has 0 unspecified atom stereocenters. The van der Waals surface area contributed by atoms with Crippen molar-refractivity contribution in [1.82, 2.24) is 9.62 Å². The van der Waals surface area contributed by atoms with Gasteiger partial charge < -0.3 is 15.0 Å². The number of carbonyl (C=O) groups is 1. The van der Waals surface area contributed by atoms with E-state index in [0.717, 1.165) is 17.0 Å². The Morgan fingerprint density at radius 2 is 1.61 bits per heavy atom. The summed E-state index contributed by atoms with van der Waals surface area (Å²) in [5, 5.41) is 2.84. The quantitative estimate of drug-likeness (QED) is 0.580. The van der Waals surface area contributed by atoms with Crippen LogP contribution in [0.3, 0.4) is 0 Å². The molecule has 3 aromatic rings. The van der Waals surface area contributed by atoms with Gasteiger partial charge in [-0.25, -0.2) is 8.42 Å². The van der Waals surface area contributed by atoms with E-state index in [9.17, 15) is 13.2 Å². The van der Waals surface area contributed by atoms with Gasteiger partial charge in [0.05, 0.1) is 12.0 Å². The lowest BCUT2D eigenvalue weighted by molar-refractivity contribution is 0.0950. The van der Waals surface area contributed by atoms with Gasteiger partial charge in [-0.15, -0.1) is 0 Å². The molecule has 0 aliphatic carbocycles. The zero-order valence-electron chi connectivity index (χ0n) is 18.5. The molecule has 8 heteroatoms. The average molecular weight is 466 g/mol. The Balaban J connectivity index is 1.40. The fraction of sp³-hybridized carbons (Fsp3) is 0.240. The molecule has 1 fully saturated rings. The second kappa shape index (κ2) is 10.1. The van der Waals surface area contributed by atoms with E-state index in [0.29, 0.717) is 38.3 Å². The number of hydrogen-bond acceptors (Lipinski definition) is 5. The molecule has 0 bridgehead atoms. The number of para-hydroxylation sites is 1.